The molecule has 0 saturated carbocycles. The second-order valence-corrected chi connectivity index (χ2v) is 6.25. The Morgan fingerprint density at radius 1 is 1.36 bits per heavy atom. The van der Waals surface area contributed by atoms with Crippen molar-refractivity contribution >= 4 is 28.0 Å². The van der Waals surface area contributed by atoms with Crippen LogP contribution in [0.25, 0.3) is 16.2 Å². The molecule has 3 aromatic heterocycles. The van der Waals surface area contributed by atoms with Crippen LogP contribution in [0.5, 0.6) is 5.75 Å². The Morgan fingerprint density at radius 3 is 3.00 bits per heavy atom. The molecule has 0 spiro atoms. The first-order chi connectivity index (χ1) is 12.1. The fraction of sp³-hybridized carbons (Fsp3) is 0.118. The molecule has 0 bridgehead atoms. The number of aryl methyl sites for hydroxylation is 1. The van der Waals surface area contributed by atoms with Gasteiger partial charge in [0.05, 0.1) is 12.8 Å². The summed E-state index contributed by atoms with van der Waals surface area (Å²) in [7, 11) is 1.62. The van der Waals surface area contributed by atoms with Crippen molar-refractivity contribution in [1.82, 2.24) is 14.5 Å². The minimum atomic E-state index is -0.269. The van der Waals surface area contributed by atoms with E-state index in [1.165, 1.54) is 11.3 Å². The van der Waals surface area contributed by atoms with Crippen molar-refractivity contribution in [3.63, 3.8) is 0 Å². The largest absolute Gasteiger partial charge is 0.497 e. The first kappa shape index (κ1) is 15.4. The van der Waals surface area contributed by atoms with Crippen LogP contribution < -0.4 is 10.1 Å². The molecule has 0 fully saturated rings. The summed E-state index contributed by atoms with van der Waals surface area (Å²) in [6.45, 7) is 1.77. The molecule has 0 atom stereocenters. The van der Waals surface area contributed by atoms with Gasteiger partial charge in [-0.1, -0.05) is 17.3 Å². The van der Waals surface area contributed by atoms with Crippen LogP contribution in [0.1, 0.15) is 16.2 Å². The Bertz CT molecular complexity index is 1060. The summed E-state index contributed by atoms with van der Waals surface area (Å²) in [5.41, 5.74) is 2.19. The van der Waals surface area contributed by atoms with Crippen LogP contribution in [0.4, 0.5) is 5.82 Å². The number of ether oxygens (including phenoxy) is 1. The lowest BCUT2D eigenvalue weighted by Gasteiger charge is -2.01. The highest BCUT2D eigenvalue weighted by molar-refractivity contribution is 7.15. The molecule has 8 heteroatoms. The molecule has 1 amide bonds. The topological polar surface area (TPSA) is 81.7 Å². The lowest BCUT2D eigenvalue weighted by molar-refractivity contribution is 0.102. The number of benzene rings is 1. The lowest BCUT2D eigenvalue weighted by atomic mass is 10.1. The Labute approximate surface area is 146 Å². The number of methoxy groups -OCH3 is 1. The Kier molecular flexibility index (Phi) is 3.73. The fourth-order valence-corrected chi connectivity index (χ4v) is 3.33. The number of hydrogen-bond donors (Lipinski definition) is 1. The Balaban J connectivity index is 1.67. The molecule has 0 unspecified atom stereocenters. The van der Waals surface area contributed by atoms with Crippen LogP contribution in [0.3, 0.4) is 0 Å². The van der Waals surface area contributed by atoms with Crippen LogP contribution >= 0.6 is 11.3 Å². The van der Waals surface area contributed by atoms with Crippen LogP contribution in [0, 0.1) is 6.92 Å². The normalized spacial score (nSPS) is 11.0. The number of nitrogens with one attached hydrogen (secondary N) is 1. The van der Waals surface area contributed by atoms with Crippen molar-refractivity contribution in [3.05, 3.63) is 53.4 Å². The smallest absolute Gasteiger partial charge is 0.274 e. The summed E-state index contributed by atoms with van der Waals surface area (Å²) in [6, 6.07) is 9.30. The van der Waals surface area contributed by atoms with Gasteiger partial charge in [-0.25, -0.2) is 4.98 Å². The third-order valence-electron chi connectivity index (χ3n) is 3.68. The van der Waals surface area contributed by atoms with E-state index >= 15 is 0 Å². The maximum atomic E-state index is 12.5. The highest BCUT2D eigenvalue weighted by Crippen LogP contribution is 2.26. The number of amides is 1. The first-order valence-electron chi connectivity index (χ1n) is 7.50. The molecule has 0 radical (unpaired) electrons. The molecule has 1 N–H and O–H groups in total. The molecule has 3 heterocycles. The van der Waals surface area contributed by atoms with Gasteiger partial charge in [-0.3, -0.25) is 9.20 Å². The van der Waals surface area contributed by atoms with Crippen molar-refractivity contribution in [3.8, 4) is 17.0 Å². The van der Waals surface area contributed by atoms with Gasteiger partial charge in [-0.15, -0.1) is 11.3 Å². The van der Waals surface area contributed by atoms with Gasteiger partial charge in [0.2, 0.25) is 0 Å². The van der Waals surface area contributed by atoms with Crippen molar-refractivity contribution in [2.24, 2.45) is 0 Å². The number of fused-ring (bicyclic) bond motifs is 1. The third-order valence-corrected chi connectivity index (χ3v) is 4.52. The van der Waals surface area contributed by atoms with Crippen LogP contribution in [-0.4, -0.2) is 27.6 Å². The van der Waals surface area contributed by atoms with Gasteiger partial charge >= 0.3 is 0 Å². The zero-order valence-corrected chi connectivity index (χ0v) is 14.3. The summed E-state index contributed by atoms with van der Waals surface area (Å²) in [5.74, 6) is 1.51. The van der Waals surface area contributed by atoms with Gasteiger partial charge in [0, 0.05) is 23.2 Å². The van der Waals surface area contributed by atoms with Crippen molar-refractivity contribution in [1.29, 1.82) is 0 Å². The maximum absolute atomic E-state index is 12.5. The fourth-order valence-electron chi connectivity index (χ4n) is 2.47. The number of aromatic nitrogens is 3. The number of rotatable bonds is 4. The number of hydrogen-bond acceptors (Lipinski definition) is 6. The van der Waals surface area contributed by atoms with Gasteiger partial charge in [-0.05, 0) is 19.1 Å². The van der Waals surface area contributed by atoms with Gasteiger partial charge in [0.25, 0.3) is 5.91 Å². The van der Waals surface area contributed by atoms with E-state index in [4.69, 9.17) is 9.26 Å². The number of anilines is 1. The quantitative estimate of drug-likeness (QED) is 0.605. The SMILES string of the molecule is COc1cccc(-c2cn3c(C(=O)Nc4cc(C)on4)csc3n2)c1. The zero-order chi connectivity index (χ0) is 17.4. The predicted octanol–water partition coefficient (Wildman–Crippen LogP) is 3.62. The summed E-state index contributed by atoms with van der Waals surface area (Å²) >= 11 is 1.40. The Hall–Kier alpha value is -3.13. The number of nitrogens with zero attached hydrogens (tertiary/aromatic N) is 3. The molecular weight excluding hydrogens is 340 g/mol. The van der Waals surface area contributed by atoms with E-state index in [0.29, 0.717) is 17.3 Å². The average molecular weight is 354 g/mol. The van der Waals surface area contributed by atoms with Crippen molar-refractivity contribution in [2.45, 2.75) is 6.92 Å². The predicted molar refractivity (Wildman–Crippen MR) is 94.3 cm³/mol. The molecule has 4 aromatic rings. The van der Waals surface area contributed by atoms with Crippen LogP contribution in [0.15, 0.2) is 46.4 Å². The van der Waals surface area contributed by atoms with Crippen molar-refractivity contribution in [2.75, 3.05) is 12.4 Å². The highest BCUT2D eigenvalue weighted by atomic mass is 32.1. The number of carbonyl (C=O) groups is 1. The van der Waals surface area contributed by atoms with E-state index in [2.05, 4.69) is 15.5 Å². The summed E-state index contributed by atoms with van der Waals surface area (Å²) < 4.78 is 12.0. The number of carbonyl (C=O) groups excluding carboxylic acids is 1. The maximum Gasteiger partial charge on any atom is 0.274 e. The summed E-state index contributed by atoms with van der Waals surface area (Å²) in [4.78, 5) is 17.8. The van der Waals surface area contributed by atoms with E-state index in [-0.39, 0.29) is 5.91 Å². The average Bonchev–Trinajstić information content (AvgIpc) is 3.30. The molecule has 0 saturated heterocycles. The van der Waals surface area contributed by atoms with E-state index in [9.17, 15) is 4.79 Å². The van der Waals surface area contributed by atoms with E-state index in [0.717, 1.165) is 22.0 Å². The molecule has 126 valence electrons. The molecule has 7 nitrogen and oxygen atoms in total. The highest BCUT2D eigenvalue weighted by Gasteiger charge is 2.16. The molecule has 4 rings (SSSR count). The molecule has 0 aliphatic rings. The van der Waals surface area contributed by atoms with Gasteiger partial charge in [0.1, 0.15) is 17.2 Å². The van der Waals surface area contributed by atoms with Gasteiger partial charge < -0.3 is 14.6 Å². The second kappa shape index (κ2) is 6.06. The standard InChI is InChI=1S/C17H14N4O3S/c1-10-6-15(20-24-10)19-16(22)14-9-25-17-18-13(8-21(14)17)11-4-3-5-12(7-11)23-2/h3-9H,1-2H3,(H,19,20,22). The van der Waals surface area contributed by atoms with Gasteiger partial charge in [-0.2, -0.15) is 0 Å². The minimum Gasteiger partial charge on any atom is -0.497 e. The summed E-state index contributed by atoms with van der Waals surface area (Å²) in [5, 5.41) is 8.26. The third kappa shape index (κ3) is 2.87. The summed E-state index contributed by atoms with van der Waals surface area (Å²) in [6.07, 6.45) is 1.84. The number of thiazole rings is 1. The molecule has 0 aliphatic heterocycles. The molecule has 1 aromatic carbocycles. The van der Waals surface area contributed by atoms with E-state index < -0.39 is 0 Å². The molecular formula is C17H14N4O3S. The van der Waals surface area contributed by atoms with Crippen LogP contribution in [-0.2, 0) is 0 Å². The van der Waals surface area contributed by atoms with Crippen LogP contribution in [0.2, 0.25) is 0 Å². The lowest BCUT2D eigenvalue weighted by Crippen LogP contribution is -2.13. The molecule has 25 heavy (non-hydrogen) atoms. The minimum absolute atomic E-state index is 0.269. The van der Waals surface area contributed by atoms with Gasteiger partial charge in [0.15, 0.2) is 10.8 Å². The van der Waals surface area contributed by atoms with Crippen molar-refractivity contribution < 1.29 is 14.1 Å². The first-order valence-corrected chi connectivity index (χ1v) is 8.37. The van der Waals surface area contributed by atoms with E-state index in [1.807, 2.05) is 30.5 Å². The van der Waals surface area contributed by atoms with E-state index in [1.54, 1.807) is 29.9 Å². The monoisotopic (exact) mass is 354 g/mol. The Morgan fingerprint density at radius 2 is 2.24 bits per heavy atom. The number of imidazole rings is 1. The second-order valence-electron chi connectivity index (χ2n) is 5.41. The molecule has 0 aliphatic carbocycles. The zero-order valence-electron chi connectivity index (χ0n) is 13.5.